The van der Waals surface area contributed by atoms with Crippen molar-refractivity contribution in [2.45, 2.75) is 17.6 Å². The van der Waals surface area contributed by atoms with Gasteiger partial charge in [0.1, 0.15) is 5.82 Å². The Labute approximate surface area is 115 Å². The van der Waals surface area contributed by atoms with Crippen LogP contribution in [-0.2, 0) is 5.75 Å². The minimum Gasteiger partial charge on any atom is -0.399 e. The minimum absolute atomic E-state index is 0.311. The lowest BCUT2D eigenvalue weighted by atomic mass is 10.2. The summed E-state index contributed by atoms with van der Waals surface area (Å²) < 4.78 is 12.9. The van der Waals surface area contributed by atoms with Gasteiger partial charge in [-0.3, -0.25) is 0 Å². The largest absolute Gasteiger partial charge is 0.399 e. The molecule has 18 heavy (non-hydrogen) atoms. The first kappa shape index (κ1) is 13.2. The second-order valence-electron chi connectivity index (χ2n) is 4.05. The Hall–Kier alpha value is -1.19. The first-order chi connectivity index (χ1) is 8.56. The normalized spacial score (nSPS) is 10.6. The predicted molar refractivity (Wildman–Crippen MR) is 76.6 cm³/mol. The van der Waals surface area contributed by atoms with Crippen LogP contribution in [0.3, 0.4) is 0 Å². The molecular formula is C14H13ClFNS. The monoisotopic (exact) mass is 281 g/mol. The van der Waals surface area contributed by atoms with Crippen molar-refractivity contribution >= 4 is 29.1 Å². The number of halogens is 2. The van der Waals surface area contributed by atoms with Gasteiger partial charge in [-0.15, -0.1) is 11.8 Å². The van der Waals surface area contributed by atoms with E-state index in [9.17, 15) is 4.39 Å². The highest BCUT2D eigenvalue weighted by Gasteiger charge is 2.05. The molecule has 0 saturated carbocycles. The van der Waals surface area contributed by atoms with Gasteiger partial charge in [-0.1, -0.05) is 23.7 Å². The molecule has 2 aromatic rings. The number of rotatable bonds is 3. The van der Waals surface area contributed by atoms with Gasteiger partial charge in [-0.25, -0.2) is 4.39 Å². The highest BCUT2D eigenvalue weighted by molar-refractivity contribution is 7.98. The van der Waals surface area contributed by atoms with E-state index in [1.165, 1.54) is 17.7 Å². The molecule has 0 atom stereocenters. The molecule has 0 aliphatic heterocycles. The molecule has 0 aromatic heterocycles. The van der Waals surface area contributed by atoms with Crippen molar-refractivity contribution in [2.75, 3.05) is 5.73 Å². The van der Waals surface area contributed by atoms with Gasteiger partial charge in [0, 0.05) is 21.4 Å². The maximum Gasteiger partial charge on any atom is 0.124 e. The van der Waals surface area contributed by atoms with Crippen LogP contribution in [0.5, 0.6) is 0 Å². The third kappa shape index (κ3) is 3.18. The predicted octanol–water partition coefficient (Wildman–Crippen LogP) is 4.66. The lowest BCUT2D eigenvalue weighted by Crippen LogP contribution is -1.89. The van der Waals surface area contributed by atoms with E-state index >= 15 is 0 Å². The molecule has 4 heteroatoms. The third-order valence-electron chi connectivity index (χ3n) is 2.61. The van der Waals surface area contributed by atoms with Crippen molar-refractivity contribution in [3.63, 3.8) is 0 Å². The fourth-order valence-corrected chi connectivity index (χ4v) is 2.96. The Bertz CT molecular complexity index is 572. The van der Waals surface area contributed by atoms with Crippen LogP contribution in [0, 0.1) is 12.7 Å². The molecule has 0 spiro atoms. The van der Waals surface area contributed by atoms with Gasteiger partial charge >= 0.3 is 0 Å². The zero-order valence-electron chi connectivity index (χ0n) is 9.91. The van der Waals surface area contributed by atoms with E-state index < -0.39 is 0 Å². The maximum atomic E-state index is 12.9. The van der Waals surface area contributed by atoms with Crippen molar-refractivity contribution < 1.29 is 4.39 Å². The molecule has 0 bridgehead atoms. The van der Waals surface area contributed by atoms with Crippen LogP contribution < -0.4 is 5.73 Å². The van der Waals surface area contributed by atoms with Gasteiger partial charge in [-0.05, 0) is 42.3 Å². The molecule has 94 valence electrons. The van der Waals surface area contributed by atoms with E-state index in [-0.39, 0.29) is 5.82 Å². The molecule has 2 aromatic carbocycles. The molecule has 0 aliphatic rings. The second-order valence-corrected chi connectivity index (χ2v) is 5.47. The highest BCUT2D eigenvalue weighted by atomic mass is 35.5. The summed E-state index contributed by atoms with van der Waals surface area (Å²) in [5.41, 5.74) is 8.60. The Balaban J connectivity index is 2.13. The van der Waals surface area contributed by atoms with E-state index in [2.05, 4.69) is 0 Å². The molecule has 0 saturated heterocycles. The molecule has 2 N–H and O–H groups in total. The standard InChI is InChI=1S/C14H13ClFNS/c1-9-2-5-12(17)7-14(9)18-8-10-3-4-11(16)6-13(10)15/h2-7H,8,17H2,1H3. The molecule has 0 fully saturated rings. The van der Waals surface area contributed by atoms with Gasteiger partial charge in [-0.2, -0.15) is 0 Å². The van der Waals surface area contributed by atoms with Gasteiger partial charge < -0.3 is 5.73 Å². The fourth-order valence-electron chi connectivity index (χ4n) is 1.57. The van der Waals surface area contributed by atoms with Gasteiger partial charge in [0.2, 0.25) is 0 Å². The number of thioether (sulfide) groups is 1. The van der Waals surface area contributed by atoms with E-state index in [1.807, 2.05) is 25.1 Å². The number of hydrogen-bond donors (Lipinski definition) is 1. The average molecular weight is 282 g/mol. The summed E-state index contributed by atoms with van der Waals surface area (Å²) in [7, 11) is 0. The van der Waals surface area contributed by atoms with Crippen molar-refractivity contribution in [3.05, 3.63) is 58.4 Å². The lowest BCUT2D eigenvalue weighted by molar-refractivity contribution is 0.627. The lowest BCUT2D eigenvalue weighted by Gasteiger charge is -2.08. The van der Waals surface area contributed by atoms with Crippen molar-refractivity contribution in [2.24, 2.45) is 0 Å². The number of anilines is 1. The zero-order chi connectivity index (χ0) is 13.1. The van der Waals surface area contributed by atoms with Crippen LogP contribution in [0.2, 0.25) is 5.02 Å². The van der Waals surface area contributed by atoms with Crippen LogP contribution in [-0.4, -0.2) is 0 Å². The topological polar surface area (TPSA) is 26.0 Å². The van der Waals surface area contributed by atoms with Crippen LogP contribution >= 0.6 is 23.4 Å². The minimum atomic E-state index is -0.311. The second kappa shape index (κ2) is 5.63. The molecule has 0 unspecified atom stereocenters. The molecule has 0 radical (unpaired) electrons. The first-order valence-electron chi connectivity index (χ1n) is 5.49. The van der Waals surface area contributed by atoms with Crippen LogP contribution in [0.4, 0.5) is 10.1 Å². The maximum absolute atomic E-state index is 12.9. The highest BCUT2D eigenvalue weighted by Crippen LogP contribution is 2.30. The van der Waals surface area contributed by atoms with Crippen LogP contribution in [0.1, 0.15) is 11.1 Å². The fraction of sp³-hybridized carbons (Fsp3) is 0.143. The van der Waals surface area contributed by atoms with E-state index in [0.29, 0.717) is 10.8 Å². The molecular weight excluding hydrogens is 269 g/mol. The van der Waals surface area contributed by atoms with Crippen molar-refractivity contribution in [1.29, 1.82) is 0 Å². The Kier molecular flexibility index (Phi) is 4.15. The zero-order valence-corrected chi connectivity index (χ0v) is 11.5. The third-order valence-corrected chi connectivity index (χ3v) is 4.17. The summed E-state index contributed by atoms with van der Waals surface area (Å²) in [6.07, 6.45) is 0. The first-order valence-corrected chi connectivity index (χ1v) is 6.85. The summed E-state index contributed by atoms with van der Waals surface area (Å²) in [5.74, 6) is 0.387. The van der Waals surface area contributed by atoms with Crippen molar-refractivity contribution in [1.82, 2.24) is 0 Å². The van der Waals surface area contributed by atoms with Crippen LogP contribution in [0.25, 0.3) is 0 Å². The summed E-state index contributed by atoms with van der Waals surface area (Å²) >= 11 is 7.64. The molecule has 0 aliphatic carbocycles. The summed E-state index contributed by atoms with van der Waals surface area (Å²) in [6, 6.07) is 10.3. The molecule has 1 nitrogen and oxygen atoms in total. The molecule has 2 rings (SSSR count). The van der Waals surface area contributed by atoms with E-state index in [1.54, 1.807) is 17.8 Å². The average Bonchev–Trinajstić information content (AvgIpc) is 2.32. The summed E-state index contributed by atoms with van der Waals surface area (Å²) in [5, 5.41) is 0.462. The Morgan fingerprint density at radius 1 is 1.22 bits per heavy atom. The Morgan fingerprint density at radius 3 is 2.72 bits per heavy atom. The van der Waals surface area contributed by atoms with Crippen molar-refractivity contribution in [3.8, 4) is 0 Å². The summed E-state index contributed by atoms with van der Waals surface area (Å²) in [4.78, 5) is 1.12. The van der Waals surface area contributed by atoms with E-state index in [4.69, 9.17) is 17.3 Å². The number of nitrogens with two attached hydrogens (primary N) is 1. The van der Waals surface area contributed by atoms with Gasteiger partial charge in [0.05, 0.1) is 0 Å². The van der Waals surface area contributed by atoms with Gasteiger partial charge in [0.25, 0.3) is 0 Å². The SMILES string of the molecule is Cc1ccc(N)cc1SCc1ccc(F)cc1Cl. The Morgan fingerprint density at radius 2 is 2.00 bits per heavy atom. The number of benzene rings is 2. The van der Waals surface area contributed by atoms with E-state index in [0.717, 1.165) is 16.1 Å². The number of nitrogen functional groups attached to an aromatic ring is 1. The number of aryl methyl sites for hydroxylation is 1. The smallest absolute Gasteiger partial charge is 0.124 e. The molecule has 0 heterocycles. The number of hydrogen-bond acceptors (Lipinski definition) is 2. The van der Waals surface area contributed by atoms with Gasteiger partial charge in [0.15, 0.2) is 0 Å². The van der Waals surface area contributed by atoms with Crippen LogP contribution in [0.15, 0.2) is 41.3 Å². The quantitative estimate of drug-likeness (QED) is 0.654. The summed E-state index contributed by atoms with van der Waals surface area (Å²) in [6.45, 7) is 2.04. The molecule has 0 amide bonds.